The molecule has 2 heterocycles. The Morgan fingerprint density at radius 1 is 1.35 bits per heavy atom. The lowest BCUT2D eigenvalue weighted by Crippen LogP contribution is -2.67. The smallest absolute Gasteiger partial charge is 0.187 e. The van der Waals surface area contributed by atoms with E-state index >= 15 is 0 Å². The van der Waals surface area contributed by atoms with Crippen molar-refractivity contribution >= 4 is 17.3 Å². The predicted molar refractivity (Wildman–Crippen MR) is 68.8 cm³/mol. The number of fused-ring (bicyclic) bond motifs is 2. The van der Waals surface area contributed by atoms with Crippen LogP contribution in [0.4, 0.5) is 0 Å². The highest BCUT2D eigenvalue weighted by molar-refractivity contribution is 7.80. The first-order valence-corrected chi connectivity index (χ1v) is 6.56. The standard InChI is InChI=1S/C13H14N2OS/c17-12-14-11-8-4-1-2-6-10(8)16-13(15-12)7-3-5-9(11)13/h1-2,4,6,9,11H,3,5,7H2,(H2,14,15,17). The van der Waals surface area contributed by atoms with Crippen LogP contribution in [-0.4, -0.2) is 10.8 Å². The number of thiocarbonyl (C=S) groups is 1. The number of benzene rings is 1. The lowest BCUT2D eigenvalue weighted by atomic mass is 9.82. The van der Waals surface area contributed by atoms with E-state index in [1.54, 1.807) is 0 Å². The second-order valence-corrected chi connectivity index (χ2v) is 5.51. The summed E-state index contributed by atoms with van der Waals surface area (Å²) in [4.78, 5) is 0. The molecule has 2 fully saturated rings. The van der Waals surface area contributed by atoms with Crippen LogP contribution in [0, 0.1) is 5.92 Å². The Balaban J connectivity index is 1.91. The lowest BCUT2D eigenvalue weighted by molar-refractivity contribution is -0.0283. The molecule has 3 aliphatic rings. The first-order chi connectivity index (χ1) is 8.28. The lowest BCUT2D eigenvalue weighted by Gasteiger charge is -2.50. The van der Waals surface area contributed by atoms with Crippen molar-refractivity contribution in [2.75, 3.05) is 0 Å². The molecule has 0 spiro atoms. The van der Waals surface area contributed by atoms with Gasteiger partial charge in [-0.05, 0) is 31.1 Å². The summed E-state index contributed by atoms with van der Waals surface area (Å²) in [7, 11) is 0. The molecule has 1 saturated carbocycles. The summed E-state index contributed by atoms with van der Waals surface area (Å²) in [6, 6.07) is 8.60. The van der Waals surface area contributed by atoms with Gasteiger partial charge >= 0.3 is 0 Å². The monoisotopic (exact) mass is 246 g/mol. The molecule has 0 aromatic heterocycles. The molecule has 3 unspecified atom stereocenters. The van der Waals surface area contributed by atoms with Gasteiger partial charge in [0.2, 0.25) is 0 Å². The van der Waals surface area contributed by atoms with Gasteiger partial charge in [0.25, 0.3) is 0 Å². The third-order valence-electron chi connectivity index (χ3n) is 4.22. The van der Waals surface area contributed by atoms with Gasteiger partial charge in [0.05, 0.1) is 6.04 Å². The summed E-state index contributed by atoms with van der Waals surface area (Å²) in [6.45, 7) is 0. The van der Waals surface area contributed by atoms with Gasteiger partial charge in [-0.25, -0.2) is 0 Å². The van der Waals surface area contributed by atoms with Gasteiger partial charge in [0, 0.05) is 17.9 Å². The SMILES string of the molecule is S=C1NC2c3ccccc3OC3(CCCC23)N1. The van der Waals surface area contributed by atoms with E-state index in [1.807, 2.05) is 6.07 Å². The topological polar surface area (TPSA) is 33.3 Å². The van der Waals surface area contributed by atoms with Crippen molar-refractivity contribution in [1.82, 2.24) is 10.6 Å². The van der Waals surface area contributed by atoms with Crippen LogP contribution < -0.4 is 15.4 Å². The van der Waals surface area contributed by atoms with E-state index in [9.17, 15) is 0 Å². The summed E-state index contributed by atoms with van der Waals surface area (Å²) in [5.74, 6) is 1.49. The molecule has 4 rings (SSSR count). The maximum absolute atomic E-state index is 6.25. The molecule has 4 heteroatoms. The van der Waals surface area contributed by atoms with Crippen molar-refractivity contribution in [3.8, 4) is 5.75 Å². The van der Waals surface area contributed by atoms with Crippen molar-refractivity contribution in [2.45, 2.75) is 31.0 Å². The molecule has 1 aromatic rings. The molecule has 2 N–H and O–H groups in total. The first kappa shape index (κ1) is 9.71. The summed E-state index contributed by atoms with van der Waals surface area (Å²) in [5, 5.41) is 7.50. The first-order valence-electron chi connectivity index (χ1n) is 6.15. The van der Waals surface area contributed by atoms with Gasteiger partial charge in [-0.3, -0.25) is 0 Å². The highest BCUT2D eigenvalue weighted by Crippen LogP contribution is 2.51. The van der Waals surface area contributed by atoms with E-state index < -0.39 is 0 Å². The van der Waals surface area contributed by atoms with E-state index in [-0.39, 0.29) is 5.72 Å². The second kappa shape index (κ2) is 3.13. The molecule has 2 aliphatic heterocycles. The minimum absolute atomic E-state index is 0.249. The summed E-state index contributed by atoms with van der Waals surface area (Å²) < 4.78 is 6.25. The highest BCUT2D eigenvalue weighted by atomic mass is 32.1. The van der Waals surface area contributed by atoms with Crippen LogP contribution in [-0.2, 0) is 0 Å². The van der Waals surface area contributed by atoms with Gasteiger partial charge in [-0.2, -0.15) is 0 Å². The Hall–Kier alpha value is -1.29. The fourth-order valence-electron chi connectivity index (χ4n) is 3.54. The maximum Gasteiger partial charge on any atom is 0.187 e. The van der Waals surface area contributed by atoms with Crippen molar-refractivity contribution in [2.24, 2.45) is 5.92 Å². The second-order valence-electron chi connectivity index (χ2n) is 5.10. The molecule has 0 amide bonds. The maximum atomic E-state index is 6.25. The van der Waals surface area contributed by atoms with Gasteiger partial charge in [0.15, 0.2) is 10.8 Å². The molecule has 1 aromatic carbocycles. The van der Waals surface area contributed by atoms with E-state index in [0.29, 0.717) is 12.0 Å². The van der Waals surface area contributed by atoms with Crippen molar-refractivity contribution in [3.05, 3.63) is 29.8 Å². The van der Waals surface area contributed by atoms with Crippen LogP contribution in [0.3, 0.4) is 0 Å². The van der Waals surface area contributed by atoms with Crippen LogP contribution in [0.2, 0.25) is 0 Å². The van der Waals surface area contributed by atoms with Crippen LogP contribution in [0.25, 0.3) is 0 Å². The third kappa shape index (κ3) is 1.19. The Labute approximate surface area is 106 Å². The Bertz CT molecular complexity index is 504. The zero-order valence-electron chi connectivity index (χ0n) is 9.40. The van der Waals surface area contributed by atoms with Crippen molar-refractivity contribution in [1.29, 1.82) is 0 Å². The van der Waals surface area contributed by atoms with E-state index in [1.165, 1.54) is 18.4 Å². The zero-order chi connectivity index (χ0) is 11.5. The summed E-state index contributed by atoms with van der Waals surface area (Å²) in [5.41, 5.74) is 1.00. The minimum Gasteiger partial charge on any atom is -0.467 e. The van der Waals surface area contributed by atoms with Gasteiger partial charge in [-0.1, -0.05) is 18.2 Å². The molecule has 1 saturated heterocycles. The number of para-hydroxylation sites is 1. The molecule has 3 atom stereocenters. The molecule has 3 nitrogen and oxygen atoms in total. The van der Waals surface area contributed by atoms with Crippen molar-refractivity contribution in [3.63, 3.8) is 0 Å². The fraction of sp³-hybridized carbons (Fsp3) is 0.462. The predicted octanol–water partition coefficient (Wildman–Crippen LogP) is 2.09. The van der Waals surface area contributed by atoms with E-state index in [2.05, 4.69) is 28.8 Å². The Morgan fingerprint density at radius 2 is 2.24 bits per heavy atom. The highest BCUT2D eigenvalue weighted by Gasteiger charge is 2.56. The normalized spacial score (nSPS) is 37.3. The average Bonchev–Trinajstić information content (AvgIpc) is 2.72. The molecular weight excluding hydrogens is 232 g/mol. The van der Waals surface area contributed by atoms with Crippen LogP contribution in [0.5, 0.6) is 5.75 Å². The van der Waals surface area contributed by atoms with Gasteiger partial charge in [-0.15, -0.1) is 0 Å². The average molecular weight is 246 g/mol. The number of hydrogen-bond acceptors (Lipinski definition) is 2. The summed E-state index contributed by atoms with van der Waals surface area (Å²) >= 11 is 5.31. The minimum atomic E-state index is -0.249. The number of rotatable bonds is 0. The van der Waals surface area contributed by atoms with Gasteiger partial charge in [0.1, 0.15) is 5.75 Å². The molecule has 1 aliphatic carbocycles. The molecule has 2 bridgehead atoms. The number of hydrogen-bond donors (Lipinski definition) is 2. The number of ether oxygens (including phenoxy) is 1. The van der Waals surface area contributed by atoms with Crippen LogP contribution >= 0.6 is 12.2 Å². The third-order valence-corrected chi connectivity index (χ3v) is 4.44. The molecule has 0 radical (unpaired) electrons. The zero-order valence-corrected chi connectivity index (χ0v) is 10.2. The quantitative estimate of drug-likeness (QED) is 0.687. The van der Waals surface area contributed by atoms with Gasteiger partial charge < -0.3 is 15.4 Å². The van der Waals surface area contributed by atoms with Crippen LogP contribution in [0.15, 0.2) is 24.3 Å². The molecule has 88 valence electrons. The van der Waals surface area contributed by atoms with E-state index in [0.717, 1.165) is 17.3 Å². The Kier molecular flexibility index (Phi) is 1.79. The Morgan fingerprint density at radius 3 is 3.18 bits per heavy atom. The summed E-state index contributed by atoms with van der Waals surface area (Å²) in [6.07, 6.45) is 3.44. The van der Waals surface area contributed by atoms with Crippen LogP contribution in [0.1, 0.15) is 30.9 Å². The van der Waals surface area contributed by atoms with E-state index in [4.69, 9.17) is 17.0 Å². The molecule has 17 heavy (non-hydrogen) atoms. The molecular formula is C13H14N2OS. The fourth-order valence-corrected chi connectivity index (χ4v) is 3.84. The number of nitrogens with one attached hydrogen (secondary N) is 2. The van der Waals surface area contributed by atoms with Crippen molar-refractivity contribution < 1.29 is 4.74 Å². The largest absolute Gasteiger partial charge is 0.467 e.